The van der Waals surface area contributed by atoms with Crippen molar-refractivity contribution in [2.45, 2.75) is 52.0 Å². The molecule has 1 aliphatic carbocycles. The molecule has 0 saturated heterocycles. The van der Waals surface area contributed by atoms with Gasteiger partial charge in [0.15, 0.2) is 5.96 Å². The Bertz CT molecular complexity index is 241. The van der Waals surface area contributed by atoms with Crippen LogP contribution < -0.4 is 10.6 Å². The number of aliphatic imine (C=N–C) groups is 1. The number of guanidine groups is 1. The molecule has 0 aromatic carbocycles. The van der Waals surface area contributed by atoms with E-state index in [2.05, 4.69) is 22.5 Å². The van der Waals surface area contributed by atoms with Crippen molar-refractivity contribution in [1.29, 1.82) is 0 Å². The lowest BCUT2D eigenvalue weighted by Crippen LogP contribution is -2.45. The van der Waals surface area contributed by atoms with Gasteiger partial charge in [0.2, 0.25) is 0 Å². The average Bonchev–Trinajstić information content (AvgIpc) is 2.39. The fourth-order valence-electron chi connectivity index (χ4n) is 2.32. The van der Waals surface area contributed by atoms with Gasteiger partial charge in [0.25, 0.3) is 0 Å². The molecule has 0 unspecified atom stereocenters. The van der Waals surface area contributed by atoms with Crippen LogP contribution in [0.1, 0.15) is 46.0 Å². The van der Waals surface area contributed by atoms with Gasteiger partial charge in [-0.3, -0.25) is 4.99 Å². The number of hydrogen-bond donors (Lipinski definition) is 2. The van der Waals surface area contributed by atoms with Crippen LogP contribution in [0.2, 0.25) is 0 Å². The van der Waals surface area contributed by atoms with Crippen molar-refractivity contribution in [3.05, 3.63) is 0 Å². The van der Waals surface area contributed by atoms with Gasteiger partial charge < -0.3 is 15.4 Å². The summed E-state index contributed by atoms with van der Waals surface area (Å²) in [6, 6.07) is 0.597. The molecule has 0 aromatic heterocycles. The van der Waals surface area contributed by atoms with Crippen LogP contribution in [0.3, 0.4) is 0 Å². The molecule has 0 bridgehead atoms. The predicted molar refractivity (Wildman–Crippen MR) is 92.4 cm³/mol. The lowest BCUT2D eigenvalue weighted by atomic mass is 9.87. The minimum absolute atomic E-state index is 0. The Kier molecular flexibility index (Phi) is 11.7. The summed E-state index contributed by atoms with van der Waals surface area (Å²) in [4.78, 5) is 4.27. The first-order chi connectivity index (χ1) is 8.76. The largest absolute Gasteiger partial charge is 0.382 e. The minimum atomic E-state index is 0. The second-order valence-electron chi connectivity index (χ2n) is 5.15. The zero-order valence-corrected chi connectivity index (χ0v) is 14.9. The molecule has 5 heteroatoms. The first-order valence-electron chi connectivity index (χ1n) is 7.31. The Labute approximate surface area is 135 Å². The quantitative estimate of drug-likeness (QED) is 0.321. The first kappa shape index (κ1) is 19.0. The van der Waals surface area contributed by atoms with Gasteiger partial charge in [-0.15, -0.1) is 24.0 Å². The molecule has 0 spiro atoms. The molecule has 1 rings (SSSR count). The summed E-state index contributed by atoms with van der Waals surface area (Å²) in [6.07, 6.45) is 6.22. The van der Waals surface area contributed by atoms with Crippen molar-refractivity contribution in [2.24, 2.45) is 10.9 Å². The monoisotopic (exact) mass is 383 g/mol. The Morgan fingerprint density at radius 2 is 1.95 bits per heavy atom. The van der Waals surface area contributed by atoms with Crippen LogP contribution >= 0.6 is 24.0 Å². The number of nitrogens with zero attached hydrogens (tertiary/aromatic N) is 1. The van der Waals surface area contributed by atoms with E-state index in [1.165, 1.54) is 25.7 Å². The average molecular weight is 383 g/mol. The van der Waals surface area contributed by atoms with E-state index < -0.39 is 0 Å². The van der Waals surface area contributed by atoms with Crippen LogP contribution in [0, 0.1) is 5.92 Å². The van der Waals surface area contributed by atoms with Gasteiger partial charge in [-0.05, 0) is 44.9 Å². The van der Waals surface area contributed by atoms with Crippen molar-refractivity contribution < 1.29 is 4.74 Å². The smallest absolute Gasteiger partial charge is 0.191 e. The highest BCUT2D eigenvalue weighted by atomic mass is 127. The molecule has 4 nitrogen and oxygen atoms in total. The maximum atomic E-state index is 5.31. The second-order valence-corrected chi connectivity index (χ2v) is 5.15. The standard InChI is InChI=1S/C14H29N3O.HI/c1-4-18-11-5-10-16-14(15-3)17-13-8-6-12(2)7-9-13;/h12-13H,4-11H2,1-3H3,(H2,15,16,17);1H. The third-order valence-electron chi connectivity index (χ3n) is 3.54. The molecule has 0 radical (unpaired) electrons. The number of hydrogen-bond acceptors (Lipinski definition) is 2. The highest BCUT2D eigenvalue weighted by molar-refractivity contribution is 14.0. The number of ether oxygens (including phenoxy) is 1. The van der Waals surface area contributed by atoms with Crippen LogP contribution in [0.15, 0.2) is 4.99 Å². The maximum absolute atomic E-state index is 5.31. The molecular weight excluding hydrogens is 353 g/mol. The zero-order valence-electron chi connectivity index (χ0n) is 12.6. The van der Waals surface area contributed by atoms with Crippen LogP contribution in [-0.2, 0) is 4.74 Å². The van der Waals surface area contributed by atoms with Crippen molar-refractivity contribution in [2.75, 3.05) is 26.8 Å². The highest BCUT2D eigenvalue weighted by Gasteiger charge is 2.18. The highest BCUT2D eigenvalue weighted by Crippen LogP contribution is 2.23. The summed E-state index contributed by atoms with van der Waals surface area (Å²) in [7, 11) is 1.84. The molecule has 0 atom stereocenters. The van der Waals surface area contributed by atoms with Crippen LogP contribution in [0.5, 0.6) is 0 Å². The zero-order chi connectivity index (χ0) is 13.2. The summed E-state index contributed by atoms with van der Waals surface area (Å²) in [5.74, 6) is 1.83. The topological polar surface area (TPSA) is 45.6 Å². The SMILES string of the molecule is CCOCCCNC(=NC)NC1CCC(C)CC1.I. The van der Waals surface area contributed by atoms with Gasteiger partial charge in [0, 0.05) is 32.8 Å². The Morgan fingerprint density at radius 1 is 1.26 bits per heavy atom. The van der Waals surface area contributed by atoms with E-state index in [1.807, 2.05) is 14.0 Å². The van der Waals surface area contributed by atoms with E-state index >= 15 is 0 Å². The maximum Gasteiger partial charge on any atom is 0.191 e. The molecule has 114 valence electrons. The van der Waals surface area contributed by atoms with Gasteiger partial charge in [-0.2, -0.15) is 0 Å². The van der Waals surface area contributed by atoms with Crippen molar-refractivity contribution in [3.8, 4) is 0 Å². The summed E-state index contributed by atoms with van der Waals surface area (Å²) in [5, 5.41) is 6.86. The first-order valence-corrected chi connectivity index (χ1v) is 7.31. The van der Waals surface area contributed by atoms with E-state index in [0.29, 0.717) is 6.04 Å². The summed E-state index contributed by atoms with van der Waals surface area (Å²) < 4.78 is 5.31. The van der Waals surface area contributed by atoms with E-state index in [9.17, 15) is 0 Å². The normalized spacial score (nSPS) is 23.6. The number of rotatable bonds is 6. The van der Waals surface area contributed by atoms with Gasteiger partial charge >= 0.3 is 0 Å². The van der Waals surface area contributed by atoms with E-state index in [4.69, 9.17) is 4.74 Å². The third kappa shape index (κ3) is 8.68. The number of halogens is 1. The summed E-state index contributed by atoms with van der Waals surface area (Å²) in [6.45, 7) is 6.91. The van der Waals surface area contributed by atoms with E-state index in [-0.39, 0.29) is 24.0 Å². The molecule has 0 aliphatic heterocycles. The van der Waals surface area contributed by atoms with E-state index in [0.717, 1.165) is 38.1 Å². The van der Waals surface area contributed by atoms with Crippen molar-refractivity contribution in [3.63, 3.8) is 0 Å². The summed E-state index contributed by atoms with van der Waals surface area (Å²) >= 11 is 0. The molecule has 0 amide bonds. The van der Waals surface area contributed by atoms with Gasteiger partial charge in [0.05, 0.1) is 0 Å². The Balaban J connectivity index is 0.00000324. The Hall–Kier alpha value is -0.0400. The fraction of sp³-hybridized carbons (Fsp3) is 0.929. The van der Waals surface area contributed by atoms with Gasteiger partial charge in [0.1, 0.15) is 0 Å². The molecular formula is C14H30IN3O. The van der Waals surface area contributed by atoms with Crippen LogP contribution in [-0.4, -0.2) is 38.8 Å². The van der Waals surface area contributed by atoms with Gasteiger partial charge in [-0.25, -0.2) is 0 Å². The minimum Gasteiger partial charge on any atom is -0.382 e. The molecule has 0 heterocycles. The molecule has 1 aliphatic rings. The summed E-state index contributed by atoms with van der Waals surface area (Å²) in [5.41, 5.74) is 0. The lowest BCUT2D eigenvalue weighted by Gasteiger charge is -2.28. The van der Waals surface area contributed by atoms with E-state index in [1.54, 1.807) is 0 Å². The van der Waals surface area contributed by atoms with Gasteiger partial charge in [-0.1, -0.05) is 6.92 Å². The molecule has 1 fully saturated rings. The van der Waals surface area contributed by atoms with Crippen LogP contribution in [0.4, 0.5) is 0 Å². The molecule has 1 saturated carbocycles. The molecule has 19 heavy (non-hydrogen) atoms. The van der Waals surface area contributed by atoms with Crippen molar-refractivity contribution in [1.82, 2.24) is 10.6 Å². The predicted octanol–water partition coefficient (Wildman–Crippen LogP) is 2.77. The molecule has 2 N–H and O–H groups in total. The van der Waals surface area contributed by atoms with Crippen LogP contribution in [0.25, 0.3) is 0 Å². The van der Waals surface area contributed by atoms with Crippen molar-refractivity contribution >= 4 is 29.9 Å². The third-order valence-corrected chi connectivity index (χ3v) is 3.54. The Morgan fingerprint density at radius 3 is 2.53 bits per heavy atom. The fourth-order valence-corrected chi connectivity index (χ4v) is 2.32. The molecule has 0 aromatic rings. The second kappa shape index (κ2) is 11.8. The number of nitrogens with one attached hydrogen (secondary N) is 2. The lowest BCUT2D eigenvalue weighted by molar-refractivity contribution is 0.145.